The average Bonchev–Trinajstić information content (AvgIpc) is 2.18. The smallest absolute Gasteiger partial charge is 0.268 e. The lowest BCUT2D eigenvalue weighted by atomic mass is 10.2. The van der Waals surface area contributed by atoms with Gasteiger partial charge in [-0.15, -0.1) is 0 Å². The van der Waals surface area contributed by atoms with E-state index in [1.165, 1.54) is 6.42 Å². The monoisotopic (exact) mass is 195 g/mol. The molecule has 0 aliphatic heterocycles. The molecule has 4 heteroatoms. The van der Waals surface area contributed by atoms with Crippen molar-refractivity contribution in [2.45, 2.75) is 33.2 Å². The third-order valence-electron chi connectivity index (χ3n) is 2.03. The van der Waals surface area contributed by atoms with Gasteiger partial charge < -0.3 is 5.32 Å². The Hall–Kier alpha value is -1.16. The van der Waals surface area contributed by atoms with Gasteiger partial charge in [0.05, 0.1) is 5.69 Å². The Morgan fingerprint density at radius 3 is 3.07 bits per heavy atom. The van der Waals surface area contributed by atoms with Gasteiger partial charge in [-0.2, -0.15) is 5.10 Å². The standard InChI is InChI=1S/C10H17N3O/c1-3-4-5-11-7-9-6-8(2)12-13-10(9)14/h6,11H,3-5,7H2,1-2H3,(H,13,14). The molecule has 0 saturated carbocycles. The van der Waals surface area contributed by atoms with E-state index in [4.69, 9.17) is 0 Å². The van der Waals surface area contributed by atoms with Crippen molar-refractivity contribution in [1.29, 1.82) is 0 Å². The van der Waals surface area contributed by atoms with Gasteiger partial charge in [0.25, 0.3) is 5.56 Å². The minimum atomic E-state index is -0.0976. The summed E-state index contributed by atoms with van der Waals surface area (Å²) < 4.78 is 0. The Balaban J connectivity index is 2.49. The number of H-pyrrole nitrogens is 1. The van der Waals surface area contributed by atoms with E-state index < -0.39 is 0 Å². The first kappa shape index (κ1) is 10.9. The zero-order valence-electron chi connectivity index (χ0n) is 8.76. The lowest BCUT2D eigenvalue weighted by molar-refractivity contribution is 0.635. The molecule has 0 fully saturated rings. The van der Waals surface area contributed by atoms with Crippen LogP contribution in [-0.4, -0.2) is 16.7 Å². The number of nitrogens with zero attached hydrogens (tertiary/aromatic N) is 1. The largest absolute Gasteiger partial charge is 0.312 e. The second-order valence-corrected chi connectivity index (χ2v) is 3.39. The van der Waals surface area contributed by atoms with Crippen LogP contribution in [0.25, 0.3) is 0 Å². The van der Waals surface area contributed by atoms with E-state index in [-0.39, 0.29) is 5.56 Å². The number of hydrogen-bond acceptors (Lipinski definition) is 3. The van der Waals surface area contributed by atoms with Crippen LogP contribution < -0.4 is 10.9 Å². The number of aryl methyl sites for hydroxylation is 1. The van der Waals surface area contributed by atoms with Crippen molar-refractivity contribution in [2.24, 2.45) is 0 Å². The van der Waals surface area contributed by atoms with Crippen LogP contribution in [0.3, 0.4) is 0 Å². The molecule has 0 aromatic carbocycles. The molecule has 0 saturated heterocycles. The van der Waals surface area contributed by atoms with Crippen molar-refractivity contribution in [2.75, 3.05) is 6.54 Å². The first-order chi connectivity index (χ1) is 6.74. The van der Waals surface area contributed by atoms with Crippen molar-refractivity contribution in [1.82, 2.24) is 15.5 Å². The van der Waals surface area contributed by atoms with Gasteiger partial charge in [0.15, 0.2) is 0 Å². The van der Waals surface area contributed by atoms with E-state index in [1.54, 1.807) is 0 Å². The van der Waals surface area contributed by atoms with Gasteiger partial charge in [0.1, 0.15) is 0 Å². The topological polar surface area (TPSA) is 57.8 Å². The molecule has 78 valence electrons. The number of unbranched alkanes of at least 4 members (excludes halogenated alkanes) is 1. The maximum Gasteiger partial charge on any atom is 0.268 e. The van der Waals surface area contributed by atoms with Crippen molar-refractivity contribution in [3.63, 3.8) is 0 Å². The van der Waals surface area contributed by atoms with Gasteiger partial charge in [-0.3, -0.25) is 4.79 Å². The number of aromatic amines is 1. The molecule has 2 N–H and O–H groups in total. The number of aromatic nitrogens is 2. The van der Waals surface area contributed by atoms with E-state index in [2.05, 4.69) is 22.4 Å². The minimum Gasteiger partial charge on any atom is -0.312 e. The highest BCUT2D eigenvalue weighted by molar-refractivity contribution is 5.11. The normalized spacial score (nSPS) is 10.4. The molecule has 4 nitrogen and oxygen atoms in total. The molecule has 0 radical (unpaired) electrons. The Morgan fingerprint density at radius 2 is 2.36 bits per heavy atom. The zero-order chi connectivity index (χ0) is 10.4. The summed E-state index contributed by atoms with van der Waals surface area (Å²) in [6, 6.07) is 1.82. The fourth-order valence-corrected chi connectivity index (χ4v) is 1.22. The summed E-state index contributed by atoms with van der Waals surface area (Å²) in [5.74, 6) is 0. The van der Waals surface area contributed by atoms with E-state index in [0.29, 0.717) is 6.54 Å². The zero-order valence-corrected chi connectivity index (χ0v) is 8.76. The van der Waals surface area contributed by atoms with Crippen LogP contribution in [0, 0.1) is 6.92 Å². The molecule has 14 heavy (non-hydrogen) atoms. The van der Waals surface area contributed by atoms with Crippen LogP contribution in [0.2, 0.25) is 0 Å². The quantitative estimate of drug-likeness (QED) is 0.688. The predicted octanol–water partition coefficient (Wildman–Crippen LogP) is 0.968. The Bertz CT molecular complexity index is 332. The van der Waals surface area contributed by atoms with Crippen molar-refractivity contribution in [3.05, 3.63) is 27.7 Å². The number of nitrogens with one attached hydrogen (secondary N) is 2. The molecular weight excluding hydrogens is 178 g/mol. The second-order valence-electron chi connectivity index (χ2n) is 3.39. The molecule has 1 aromatic rings. The lowest BCUT2D eigenvalue weighted by Crippen LogP contribution is -2.22. The fourth-order valence-electron chi connectivity index (χ4n) is 1.22. The minimum absolute atomic E-state index is 0.0976. The molecule has 0 atom stereocenters. The average molecular weight is 195 g/mol. The highest BCUT2D eigenvalue weighted by Crippen LogP contribution is 1.93. The molecule has 1 aromatic heterocycles. The predicted molar refractivity (Wildman–Crippen MR) is 56.2 cm³/mol. The molecule has 0 aliphatic rings. The molecule has 0 unspecified atom stereocenters. The summed E-state index contributed by atoms with van der Waals surface area (Å²) in [5.41, 5.74) is 1.50. The van der Waals surface area contributed by atoms with Gasteiger partial charge in [-0.25, -0.2) is 5.10 Å². The lowest BCUT2D eigenvalue weighted by Gasteiger charge is -2.03. The Kier molecular flexibility index (Phi) is 4.32. The van der Waals surface area contributed by atoms with Gasteiger partial charge in [0.2, 0.25) is 0 Å². The van der Waals surface area contributed by atoms with Crippen molar-refractivity contribution in [3.8, 4) is 0 Å². The van der Waals surface area contributed by atoms with Gasteiger partial charge in [0, 0.05) is 12.1 Å². The van der Waals surface area contributed by atoms with Crippen LogP contribution in [0.4, 0.5) is 0 Å². The highest BCUT2D eigenvalue weighted by Gasteiger charge is 1.99. The van der Waals surface area contributed by atoms with Crippen LogP contribution in [0.15, 0.2) is 10.9 Å². The van der Waals surface area contributed by atoms with Crippen LogP contribution >= 0.6 is 0 Å². The van der Waals surface area contributed by atoms with Gasteiger partial charge in [-0.1, -0.05) is 13.3 Å². The fraction of sp³-hybridized carbons (Fsp3) is 0.600. The van der Waals surface area contributed by atoms with Crippen molar-refractivity contribution >= 4 is 0 Å². The van der Waals surface area contributed by atoms with E-state index >= 15 is 0 Å². The second kappa shape index (κ2) is 5.54. The molecule has 1 heterocycles. The summed E-state index contributed by atoms with van der Waals surface area (Å²) >= 11 is 0. The van der Waals surface area contributed by atoms with Gasteiger partial charge in [-0.05, 0) is 26.0 Å². The molecular formula is C10H17N3O. The van der Waals surface area contributed by atoms with Crippen molar-refractivity contribution < 1.29 is 0 Å². The molecule has 0 amide bonds. The number of hydrogen-bond donors (Lipinski definition) is 2. The summed E-state index contributed by atoms with van der Waals surface area (Å²) in [6.07, 6.45) is 2.31. The van der Waals surface area contributed by atoms with Gasteiger partial charge >= 0.3 is 0 Å². The Morgan fingerprint density at radius 1 is 1.57 bits per heavy atom. The highest BCUT2D eigenvalue weighted by atomic mass is 16.1. The van der Waals surface area contributed by atoms with Crippen LogP contribution in [0.5, 0.6) is 0 Å². The van der Waals surface area contributed by atoms with E-state index in [1.807, 2.05) is 13.0 Å². The van der Waals surface area contributed by atoms with E-state index in [0.717, 1.165) is 24.2 Å². The maximum absolute atomic E-state index is 11.3. The summed E-state index contributed by atoms with van der Waals surface area (Å²) in [7, 11) is 0. The summed E-state index contributed by atoms with van der Waals surface area (Å²) in [4.78, 5) is 11.3. The molecule has 0 bridgehead atoms. The number of rotatable bonds is 5. The SMILES string of the molecule is CCCCNCc1cc(C)n[nH]c1=O. The summed E-state index contributed by atoms with van der Waals surface area (Å²) in [6.45, 7) is 5.59. The maximum atomic E-state index is 11.3. The summed E-state index contributed by atoms with van der Waals surface area (Å²) in [5, 5.41) is 9.50. The first-order valence-electron chi connectivity index (χ1n) is 5.00. The third kappa shape index (κ3) is 3.30. The van der Waals surface area contributed by atoms with Crippen LogP contribution in [-0.2, 0) is 6.54 Å². The van der Waals surface area contributed by atoms with E-state index in [9.17, 15) is 4.79 Å². The molecule has 1 rings (SSSR count). The first-order valence-corrected chi connectivity index (χ1v) is 5.00. The molecule has 0 spiro atoms. The molecule has 0 aliphatic carbocycles. The Labute approximate surface area is 83.7 Å². The van der Waals surface area contributed by atoms with Crippen LogP contribution in [0.1, 0.15) is 31.0 Å². The third-order valence-corrected chi connectivity index (χ3v) is 2.03.